The van der Waals surface area contributed by atoms with Crippen LogP contribution in [0.5, 0.6) is 5.75 Å². The van der Waals surface area contributed by atoms with E-state index >= 15 is 0 Å². The molecular formula is C20H19N3O. The number of hydrogen-bond acceptors (Lipinski definition) is 4. The first-order valence-corrected chi connectivity index (χ1v) is 7.62. The number of allylic oxidation sites excluding steroid dienone is 4. The summed E-state index contributed by atoms with van der Waals surface area (Å²) in [6.07, 6.45) is 5.99. The summed E-state index contributed by atoms with van der Waals surface area (Å²) in [4.78, 5) is 9.26. The number of aromatic nitrogens is 2. The molecule has 0 bridgehead atoms. The van der Waals surface area contributed by atoms with Crippen LogP contribution < -0.4 is 10.5 Å². The molecule has 0 aliphatic heterocycles. The summed E-state index contributed by atoms with van der Waals surface area (Å²) < 4.78 is 5.28. The minimum atomic E-state index is 0.434. The lowest BCUT2D eigenvalue weighted by molar-refractivity contribution is 0.415. The van der Waals surface area contributed by atoms with Gasteiger partial charge in [0.2, 0.25) is 0 Å². The number of hydrogen-bond donors (Lipinski definition) is 1. The predicted molar refractivity (Wildman–Crippen MR) is 100 cm³/mol. The van der Waals surface area contributed by atoms with Crippen molar-refractivity contribution in [1.29, 1.82) is 0 Å². The zero-order valence-corrected chi connectivity index (χ0v) is 13.6. The standard InChI is InChI=1S/C20H19N3O/c1-4-5-6-13(2)11-18-20(21)23-17-10-7-14-12-15(24-3)8-9-16(14)19(17)22-18/h4-10,12H,1-2,11H2,3H3,(H2,21,23)/b6-5-. The predicted octanol–water partition coefficient (Wildman–Crippen LogP) is 4.21. The lowest BCUT2D eigenvalue weighted by atomic mass is 10.1. The number of nitrogens with two attached hydrogens (primary N) is 1. The summed E-state index contributed by atoms with van der Waals surface area (Å²) in [6, 6.07) is 9.83. The summed E-state index contributed by atoms with van der Waals surface area (Å²) in [5, 5.41) is 2.08. The number of rotatable bonds is 5. The molecule has 0 atom stereocenters. The number of fused-ring (bicyclic) bond motifs is 3. The van der Waals surface area contributed by atoms with E-state index in [1.165, 1.54) is 0 Å². The van der Waals surface area contributed by atoms with Crippen LogP contribution in [0.15, 0.2) is 67.3 Å². The van der Waals surface area contributed by atoms with Crippen molar-refractivity contribution in [3.05, 3.63) is 73.0 Å². The monoisotopic (exact) mass is 317 g/mol. The van der Waals surface area contributed by atoms with E-state index in [0.29, 0.717) is 12.2 Å². The van der Waals surface area contributed by atoms with Gasteiger partial charge >= 0.3 is 0 Å². The maximum atomic E-state index is 6.07. The molecule has 0 unspecified atom stereocenters. The van der Waals surface area contributed by atoms with Gasteiger partial charge in [0.15, 0.2) is 0 Å². The fourth-order valence-corrected chi connectivity index (χ4v) is 2.61. The molecule has 4 heteroatoms. The van der Waals surface area contributed by atoms with Crippen LogP contribution in [-0.4, -0.2) is 17.1 Å². The molecule has 120 valence electrons. The number of anilines is 1. The van der Waals surface area contributed by atoms with Gasteiger partial charge < -0.3 is 10.5 Å². The molecule has 0 saturated carbocycles. The Labute approximate surface area is 141 Å². The van der Waals surface area contributed by atoms with Gasteiger partial charge in [-0.15, -0.1) is 0 Å². The van der Waals surface area contributed by atoms with E-state index in [1.807, 2.05) is 42.5 Å². The number of nitrogens with zero attached hydrogens (tertiary/aromatic N) is 2. The van der Waals surface area contributed by atoms with Crippen LogP contribution in [0.1, 0.15) is 5.69 Å². The van der Waals surface area contributed by atoms with Gasteiger partial charge in [0.05, 0.1) is 23.8 Å². The molecule has 0 saturated heterocycles. The molecule has 3 aromatic rings. The molecule has 24 heavy (non-hydrogen) atoms. The van der Waals surface area contributed by atoms with E-state index in [9.17, 15) is 0 Å². The van der Waals surface area contributed by atoms with E-state index in [2.05, 4.69) is 18.1 Å². The van der Waals surface area contributed by atoms with E-state index in [0.717, 1.165) is 38.8 Å². The van der Waals surface area contributed by atoms with Gasteiger partial charge in [-0.2, -0.15) is 0 Å². The average Bonchev–Trinajstić information content (AvgIpc) is 2.60. The quantitative estimate of drug-likeness (QED) is 0.565. The van der Waals surface area contributed by atoms with Gasteiger partial charge in [0, 0.05) is 11.8 Å². The fourth-order valence-electron chi connectivity index (χ4n) is 2.61. The van der Waals surface area contributed by atoms with Crippen LogP contribution in [0.3, 0.4) is 0 Å². The summed E-state index contributed by atoms with van der Waals surface area (Å²) in [5.74, 6) is 1.25. The second-order valence-electron chi connectivity index (χ2n) is 5.51. The Bertz CT molecular complexity index is 973. The van der Waals surface area contributed by atoms with Gasteiger partial charge in [-0.1, -0.05) is 37.5 Å². The SMILES string of the molecule is C=C/C=C\C(=C)Cc1nc2c(ccc3cc(OC)ccc32)nc1N. The minimum Gasteiger partial charge on any atom is -0.497 e. The number of ether oxygens (including phenoxy) is 1. The maximum Gasteiger partial charge on any atom is 0.146 e. The Hall–Kier alpha value is -3.14. The van der Waals surface area contributed by atoms with Crippen molar-refractivity contribution >= 4 is 27.6 Å². The van der Waals surface area contributed by atoms with Crippen molar-refractivity contribution in [3.8, 4) is 5.75 Å². The first-order chi connectivity index (χ1) is 11.6. The largest absolute Gasteiger partial charge is 0.497 e. The third kappa shape index (κ3) is 2.99. The molecule has 0 fully saturated rings. The van der Waals surface area contributed by atoms with Gasteiger partial charge in [-0.3, -0.25) is 0 Å². The van der Waals surface area contributed by atoms with Gasteiger partial charge in [0.25, 0.3) is 0 Å². The van der Waals surface area contributed by atoms with E-state index in [4.69, 9.17) is 15.5 Å². The van der Waals surface area contributed by atoms with E-state index < -0.39 is 0 Å². The minimum absolute atomic E-state index is 0.434. The van der Waals surface area contributed by atoms with Gasteiger partial charge in [-0.05, 0) is 35.2 Å². The third-order valence-corrected chi connectivity index (χ3v) is 3.82. The number of nitrogen functional groups attached to an aromatic ring is 1. The van der Waals surface area contributed by atoms with Crippen molar-refractivity contribution in [2.75, 3.05) is 12.8 Å². The first kappa shape index (κ1) is 15.7. The lowest BCUT2D eigenvalue weighted by Crippen LogP contribution is -2.03. The second kappa shape index (κ2) is 6.54. The van der Waals surface area contributed by atoms with Crippen LogP contribution >= 0.6 is 0 Å². The molecule has 3 rings (SSSR count). The van der Waals surface area contributed by atoms with Crippen molar-refractivity contribution < 1.29 is 4.74 Å². The third-order valence-electron chi connectivity index (χ3n) is 3.82. The van der Waals surface area contributed by atoms with Crippen LogP contribution in [0.2, 0.25) is 0 Å². The molecule has 1 heterocycles. The average molecular weight is 317 g/mol. The van der Waals surface area contributed by atoms with Crippen molar-refractivity contribution in [3.63, 3.8) is 0 Å². The maximum absolute atomic E-state index is 6.07. The zero-order chi connectivity index (χ0) is 17.1. The van der Waals surface area contributed by atoms with Crippen molar-refractivity contribution in [1.82, 2.24) is 9.97 Å². The molecule has 2 aromatic carbocycles. The van der Waals surface area contributed by atoms with Crippen LogP contribution in [-0.2, 0) is 6.42 Å². The second-order valence-corrected chi connectivity index (χ2v) is 5.51. The van der Waals surface area contributed by atoms with Crippen LogP contribution in [0, 0.1) is 0 Å². The number of benzene rings is 2. The highest BCUT2D eigenvalue weighted by atomic mass is 16.5. The summed E-state index contributed by atoms with van der Waals surface area (Å²) in [5.41, 5.74) is 9.31. The van der Waals surface area contributed by atoms with Gasteiger partial charge in [-0.25, -0.2) is 9.97 Å². The van der Waals surface area contributed by atoms with Crippen LogP contribution in [0.4, 0.5) is 5.82 Å². The Morgan fingerprint density at radius 1 is 1.25 bits per heavy atom. The van der Waals surface area contributed by atoms with Crippen molar-refractivity contribution in [2.45, 2.75) is 6.42 Å². The molecule has 0 radical (unpaired) electrons. The highest BCUT2D eigenvalue weighted by Gasteiger charge is 2.10. The van der Waals surface area contributed by atoms with E-state index in [-0.39, 0.29) is 0 Å². The molecule has 1 aromatic heterocycles. The Morgan fingerprint density at radius 2 is 2.08 bits per heavy atom. The molecular weight excluding hydrogens is 298 g/mol. The first-order valence-electron chi connectivity index (χ1n) is 7.62. The molecule has 0 aliphatic rings. The smallest absolute Gasteiger partial charge is 0.146 e. The fraction of sp³-hybridized carbons (Fsp3) is 0.100. The molecule has 0 spiro atoms. The Morgan fingerprint density at radius 3 is 2.83 bits per heavy atom. The highest BCUT2D eigenvalue weighted by Crippen LogP contribution is 2.28. The molecule has 0 aliphatic carbocycles. The Balaban J connectivity index is 2.13. The normalized spacial score (nSPS) is 11.2. The van der Waals surface area contributed by atoms with Crippen molar-refractivity contribution in [2.24, 2.45) is 0 Å². The highest BCUT2D eigenvalue weighted by molar-refractivity contribution is 6.04. The molecule has 4 nitrogen and oxygen atoms in total. The molecule has 0 amide bonds. The van der Waals surface area contributed by atoms with Gasteiger partial charge in [0.1, 0.15) is 11.6 Å². The topological polar surface area (TPSA) is 61.0 Å². The summed E-state index contributed by atoms with van der Waals surface area (Å²) in [7, 11) is 1.66. The summed E-state index contributed by atoms with van der Waals surface area (Å²) in [6.45, 7) is 7.67. The van der Waals surface area contributed by atoms with E-state index in [1.54, 1.807) is 13.2 Å². The zero-order valence-electron chi connectivity index (χ0n) is 13.6. The summed E-state index contributed by atoms with van der Waals surface area (Å²) >= 11 is 0. The van der Waals surface area contributed by atoms with Crippen LogP contribution in [0.25, 0.3) is 21.8 Å². The lowest BCUT2D eigenvalue weighted by Gasteiger charge is -2.09. The number of methoxy groups -OCH3 is 1. The Kier molecular flexibility index (Phi) is 4.29. The molecule has 2 N–H and O–H groups in total.